The number of rotatable bonds is 5. The first-order valence-electron chi connectivity index (χ1n) is 12.3. The van der Waals surface area contributed by atoms with Gasteiger partial charge in [0.05, 0.1) is 31.0 Å². The van der Waals surface area contributed by atoms with Gasteiger partial charge in [0.15, 0.2) is 0 Å². The molecule has 0 aromatic heterocycles. The molecule has 6 fully saturated rings. The number of hydrogen-bond acceptors (Lipinski definition) is 10. The Hall–Kier alpha value is -0.400. The Morgan fingerprint density at radius 1 is 0.941 bits per heavy atom. The van der Waals surface area contributed by atoms with Gasteiger partial charge in [-0.1, -0.05) is 0 Å². The lowest BCUT2D eigenvalue weighted by molar-refractivity contribution is -0.319. The van der Waals surface area contributed by atoms with Crippen LogP contribution in [0, 0.1) is 34.5 Å². The standard InChI is InChI=1S/C24H39NO9/c1-25-8-21(9-31-2)11(26)6-12(32-3)23-10-7-22(29)18(27)13(10)24(30,19(28)20(22)34-5)14(17(23)25)15(33-4)16(21)23/h10-20,26-30H,6-9H2,1-5H3/t10-,11+,12-,13+,14-,15+,16-,17+,18-,19+,20+,21-,22-,23+,24-/m1/s1. The number of hydrogen-bond donors (Lipinski definition) is 5. The predicted molar refractivity (Wildman–Crippen MR) is 117 cm³/mol. The molecular formula is C24H39NO9. The lowest BCUT2D eigenvalue weighted by atomic mass is 9.42. The molecule has 0 aromatic rings. The van der Waals surface area contributed by atoms with Gasteiger partial charge in [-0.05, 0) is 19.4 Å². The minimum Gasteiger partial charge on any atom is -0.392 e. The van der Waals surface area contributed by atoms with Crippen molar-refractivity contribution in [3.8, 4) is 0 Å². The first kappa shape index (κ1) is 24.0. The summed E-state index contributed by atoms with van der Waals surface area (Å²) >= 11 is 0. The number of aliphatic hydroxyl groups excluding tert-OH is 3. The van der Waals surface area contributed by atoms with Crippen LogP contribution in [0.15, 0.2) is 0 Å². The van der Waals surface area contributed by atoms with Crippen molar-refractivity contribution in [2.24, 2.45) is 34.5 Å². The molecule has 1 aliphatic heterocycles. The molecular weight excluding hydrogens is 446 g/mol. The van der Waals surface area contributed by atoms with Gasteiger partial charge in [-0.25, -0.2) is 0 Å². The normalized spacial score (nSPS) is 63.9. The first-order valence-corrected chi connectivity index (χ1v) is 12.3. The van der Waals surface area contributed by atoms with Crippen molar-refractivity contribution >= 4 is 0 Å². The van der Waals surface area contributed by atoms with Gasteiger partial charge in [-0.2, -0.15) is 0 Å². The van der Waals surface area contributed by atoms with Crippen LogP contribution in [-0.2, 0) is 18.9 Å². The summed E-state index contributed by atoms with van der Waals surface area (Å²) in [5.74, 6) is -2.05. The zero-order chi connectivity index (χ0) is 24.6. The summed E-state index contributed by atoms with van der Waals surface area (Å²) in [5.41, 5.74) is -4.81. The highest BCUT2D eigenvalue weighted by molar-refractivity contribution is 5.39. The second-order valence-electron chi connectivity index (χ2n) is 12.0. The maximum absolute atomic E-state index is 12.5. The van der Waals surface area contributed by atoms with Crippen molar-refractivity contribution < 1.29 is 44.5 Å². The molecule has 34 heavy (non-hydrogen) atoms. The molecule has 0 aromatic carbocycles. The Morgan fingerprint density at radius 2 is 1.65 bits per heavy atom. The average molecular weight is 486 g/mol. The number of likely N-dealkylation sites (tertiary alicyclic amines) is 1. The van der Waals surface area contributed by atoms with Crippen LogP contribution in [0.1, 0.15) is 12.8 Å². The van der Waals surface area contributed by atoms with Crippen LogP contribution in [0.25, 0.3) is 0 Å². The highest BCUT2D eigenvalue weighted by atomic mass is 16.5. The number of methoxy groups -OCH3 is 4. The monoisotopic (exact) mass is 485 g/mol. The number of ether oxygens (including phenoxy) is 4. The molecule has 6 rings (SSSR count). The fourth-order valence-corrected chi connectivity index (χ4v) is 10.9. The molecule has 194 valence electrons. The van der Waals surface area contributed by atoms with E-state index in [-0.39, 0.29) is 18.4 Å². The van der Waals surface area contributed by atoms with Crippen LogP contribution in [0.3, 0.4) is 0 Å². The van der Waals surface area contributed by atoms with E-state index in [9.17, 15) is 25.5 Å². The highest BCUT2D eigenvalue weighted by Crippen LogP contribution is 2.79. The minimum atomic E-state index is -1.76. The Balaban J connectivity index is 1.67. The maximum atomic E-state index is 12.5. The zero-order valence-corrected chi connectivity index (χ0v) is 20.5. The second kappa shape index (κ2) is 7.12. The smallest absolute Gasteiger partial charge is 0.120 e. The van der Waals surface area contributed by atoms with Gasteiger partial charge >= 0.3 is 0 Å². The van der Waals surface area contributed by atoms with Crippen LogP contribution in [0.4, 0.5) is 0 Å². The molecule has 10 nitrogen and oxygen atoms in total. The maximum Gasteiger partial charge on any atom is 0.120 e. The Kier molecular flexibility index (Phi) is 5.02. The third-order valence-corrected chi connectivity index (χ3v) is 11.4. The molecule has 1 spiro atoms. The van der Waals surface area contributed by atoms with Crippen LogP contribution < -0.4 is 0 Å². The fraction of sp³-hybridized carbons (Fsp3) is 1.00. The van der Waals surface area contributed by atoms with Crippen molar-refractivity contribution in [2.75, 3.05) is 48.6 Å². The van der Waals surface area contributed by atoms with Gasteiger partial charge in [0.1, 0.15) is 23.4 Å². The number of fused-ring (bicyclic) bond motifs is 2. The topological polar surface area (TPSA) is 141 Å². The molecule has 0 radical (unpaired) electrons. The van der Waals surface area contributed by atoms with Crippen LogP contribution >= 0.6 is 0 Å². The quantitative estimate of drug-likeness (QED) is 0.292. The summed E-state index contributed by atoms with van der Waals surface area (Å²) in [5, 5.41) is 58.9. The number of piperidine rings is 1. The van der Waals surface area contributed by atoms with E-state index in [1.54, 1.807) is 21.3 Å². The molecule has 15 atom stereocenters. The van der Waals surface area contributed by atoms with E-state index in [1.165, 1.54) is 7.11 Å². The molecule has 10 heteroatoms. The molecule has 5 aliphatic carbocycles. The Bertz CT molecular complexity index is 862. The van der Waals surface area contributed by atoms with E-state index in [1.807, 2.05) is 7.05 Å². The highest BCUT2D eigenvalue weighted by Gasteiger charge is 2.90. The van der Waals surface area contributed by atoms with Gasteiger partial charge in [-0.3, -0.25) is 0 Å². The van der Waals surface area contributed by atoms with Crippen molar-refractivity contribution in [1.29, 1.82) is 0 Å². The van der Waals surface area contributed by atoms with Crippen molar-refractivity contribution in [3.05, 3.63) is 0 Å². The Labute approximate surface area is 199 Å². The van der Waals surface area contributed by atoms with Crippen LogP contribution in [0.2, 0.25) is 0 Å². The van der Waals surface area contributed by atoms with E-state index >= 15 is 0 Å². The van der Waals surface area contributed by atoms with Gasteiger partial charge in [0, 0.05) is 76.0 Å². The summed E-state index contributed by atoms with van der Waals surface area (Å²) in [6.07, 6.45) is -4.96. The third kappa shape index (κ3) is 2.14. The molecule has 6 aliphatic rings. The number of aliphatic hydroxyl groups is 5. The Morgan fingerprint density at radius 3 is 2.24 bits per heavy atom. The van der Waals surface area contributed by atoms with Crippen molar-refractivity contribution in [2.45, 2.75) is 66.7 Å². The lowest BCUT2D eigenvalue weighted by Gasteiger charge is -2.69. The minimum absolute atomic E-state index is 0.153. The largest absolute Gasteiger partial charge is 0.392 e. The van der Waals surface area contributed by atoms with E-state index in [2.05, 4.69) is 4.90 Å². The molecule has 5 N–H and O–H groups in total. The first-order chi connectivity index (χ1) is 16.1. The summed E-state index contributed by atoms with van der Waals surface area (Å²) in [4.78, 5) is 2.17. The van der Waals surface area contributed by atoms with Gasteiger partial charge in [0.25, 0.3) is 0 Å². The van der Waals surface area contributed by atoms with E-state index in [0.717, 1.165) is 0 Å². The molecule has 0 amide bonds. The molecule has 1 saturated heterocycles. The van der Waals surface area contributed by atoms with E-state index in [4.69, 9.17) is 18.9 Å². The molecule has 1 heterocycles. The summed E-state index contributed by atoms with van der Waals surface area (Å²) in [7, 11) is 8.24. The van der Waals surface area contributed by atoms with Crippen molar-refractivity contribution in [3.63, 3.8) is 0 Å². The number of nitrogens with zero attached hydrogens (tertiary/aromatic N) is 1. The van der Waals surface area contributed by atoms with Crippen LogP contribution in [0.5, 0.6) is 0 Å². The second-order valence-corrected chi connectivity index (χ2v) is 12.0. The van der Waals surface area contributed by atoms with Gasteiger partial charge in [-0.15, -0.1) is 0 Å². The average Bonchev–Trinajstić information content (AvgIpc) is 3.17. The van der Waals surface area contributed by atoms with Crippen LogP contribution in [-0.4, -0.2) is 133 Å². The zero-order valence-electron chi connectivity index (χ0n) is 20.5. The molecule has 7 bridgehead atoms. The third-order valence-electron chi connectivity index (χ3n) is 11.4. The summed E-state index contributed by atoms with van der Waals surface area (Å²) < 4.78 is 23.6. The predicted octanol–water partition coefficient (Wildman–Crippen LogP) is -2.18. The fourth-order valence-electron chi connectivity index (χ4n) is 10.9. The molecule has 0 unspecified atom stereocenters. The van der Waals surface area contributed by atoms with Crippen molar-refractivity contribution in [1.82, 2.24) is 4.90 Å². The van der Waals surface area contributed by atoms with E-state index < -0.39 is 76.4 Å². The van der Waals surface area contributed by atoms with Gasteiger partial charge in [0.2, 0.25) is 0 Å². The lowest BCUT2D eigenvalue weighted by Crippen LogP contribution is -2.80. The SMILES string of the molecule is COC[C@@]12CN(C)[C@H]3[C@H]4[C@H](OC)[C@H]1[C@]3([C@@H]1C[C@@]3(O)[C@H](O)[C@H]1[C@]4(O)[C@@H](O)[C@@H]3OC)[C@H](OC)C[C@@H]2O. The molecule has 5 saturated carbocycles. The van der Waals surface area contributed by atoms with Gasteiger partial charge < -0.3 is 49.4 Å². The van der Waals surface area contributed by atoms with E-state index in [0.29, 0.717) is 19.6 Å². The summed E-state index contributed by atoms with van der Waals surface area (Å²) in [6.45, 7) is 0.836. The summed E-state index contributed by atoms with van der Waals surface area (Å²) in [6, 6.07) is -0.254.